The molecule has 0 radical (unpaired) electrons. The Hall–Kier alpha value is -3.79. The molecule has 1 amide bonds. The molecule has 7 heteroatoms. The van der Waals surface area contributed by atoms with Crippen molar-refractivity contribution < 1.29 is 23.8 Å². The number of rotatable bonds is 5. The summed E-state index contributed by atoms with van der Waals surface area (Å²) in [5.74, 6) is -1.02. The summed E-state index contributed by atoms with van der Waals surface area (Å²) in [6, 6.07) is 13.0. The highest BCUT2D eigenvalue weighted by Crippen LogP contribution is 2.25. The molecule has 2 N–H and O–H groups in total. The third-order valence-corrected chi connectivity index (χ3v) is 3.91. The van der Waals surface area contributed by atoms with Gasteiger partial charge in [-0.2, -0.15) is 5.26 Å². The van der Waals surface area contributed by atoms with Crippen LogP contribution in [0.2, 0.25) is 0 Å². The van der Waals surface area contributed by atoms with Gasteiger partial charge in [-0.05, 0) is 37.3 Å². The van der Waals surface area contributed by atoms with E-state index < -0.39 is 18.0 Å². The molecule has 136 valence electrons. The number of phenols is 1. The Kier molecular flexibility index (Phi) is 5.08. The minimum absolute atomic E-state index is 0.0664. The van der Waals surface area contributed by atoms with Crippen molar-refractivity contribution in [1.82, 2.24) is 0 Å². The number of fused-ring (bicyclic) bond motifs is 1. The van der Waals surface area contributed by atoms with Crippen molar-refractivity contribution in [3.8, 4) is 11.8 Å². The molecule has 0 aliphatic rings. The molecule has 7 nitrogen and oxygen atoms in total. The quantitative estimate of drug-likeness (QED) is 0.673. The molecule has 0 aliphatic carbocycles. The largest absolute Gasteiger partial charge is 0.508 e. The third-order valence-electron chi connectivity index (χ3n) is 3.91. The zero-order valence-corrected chi connectivity index (χ0v) is 14.4. The smallest absolute Gasteiger partial charge is 0.311 e. The number of aromatic hydroxyl groups is 1. The lowest BCUT2D eigenvalue weighted by atomic mass is 10.1. The summed E-state index contributed by atoms with van der Waals surface area (Å²) in [6.45, 7) is 1.47. The van der Waals surface area contributed by atoms with E-state index in [1.54, 1.807) is 24.3 Å². The lowest BCUT2D eigenvalue weighted by molar-refractivity contribution is -0.152. The standard InChI is InChI=1S/C20H16N2O5/c1-12(20(25)22-15-4-2-3-13(7-15)10-21)27-19(24)8-14-11-26-18-9-16(23)5-6-17(14)18/h2-7,9,11-12,23H,8H2,1H3,(H,22,25)/t12-/m0/s1. The van der Waals surface area contributed by atoms with E-state index in [1.807, 2.05) is 6.07 Å². The SMILES string of the molecule is C[C@H](OC(=O)Cc1coc2cc(O)ccc12)C(=O)Nc1cccc(C#N)c1. The minimum Gasteiger partial charge on any atom is -0.508 e. The first-order chi connectivity index (χ1) is 13.0. The maximum absolute atomic E-state index is 12.2. The first kappa shape index (κ1) is 18.0. The maximum atomic E-state index is 12.2. The summed E-state index contributed by atoms with van der Waals surface area (Å²) in [7, 11) is 0. The number of hydrogen-bond acceptors (Lipinski definition) is 6. The predicted octanol–water partition coefficient (Wildman–Crippen LogP) is 3.12. The van der Waals surface area contributed by atoms with Crippen LogP contribution >= 0.6 is 0 Å². The Bertz CT molecular complexity index is 1050. The van der Waals surface area contributed by atoms with Crippen LogP contribution in [0.25, 0.3) is 11.0 Å². The van der Waals surface area contributed by atoms with E-state index in [0.717, 1.165) is 0 Å². The van der Waals surface area contributed by atoms with Gasteiger partial charge >= 0.3 is 5.97 Å². The number of ether oxygens (including phenoxy) is 1. The Balaban J connectivity index is 1.61. The van der Waals surface area contributed by atoms with Gasteiger partial charge in [-0.3, -0.25) is 9.59 Å². The van der Waals surface area contributed by atoms with E-state index in [0.29, 0.717) is 27.8 Å². The topological polar surface area (TPSA) is 113 Å². The summed E-state index contributed by atoms with van der Waals surface area (Å²) in [5.41, 5.74) is 1.92. The van der Waals surface area contributed by atoms with Crippen LogP contribution in [0.5, 0.6) is 5.75 Å². The summed E-state index contributed by atoms with van der Waals surface area (Å²) in [5, 5.41) is 21.6. The molecule has 27 heavy (non-hydrogen) atoms. The van der Waals surface area contributed by atoms with Crippen LogP contribution in [0.1, 0.15) is 18.1 Å². The van der Waals surface area contributed by atoms with Gasteiger partial charge in [0.15, 0.2) is 6.10 Å². The number of esters is 1. The fourth-order valence-corrected chi connectivity index (χ4v) is 2.57. The first-order valence-corrected chi connectivity index (χ1v) is 8.16. The van der Waals surface area contributed by atoms with Crippen molar-refractivity contribution in [3.05, 3.63) is 59.9 Å². The maximum Gasteiger partial charge on any atom is 0.311 e. The molecule has 0 unspecified atom stereocenters. The molecule has 0 saturated carbocycles. The number of amides is 1. The zero-order valence-electron chi connectivity index (χ0n) is 14.4. The molecule has 1 heterocycles. The number of carbonyl (C=O) groups excluding carboxylic acids is 2. The van der Waals surface area contributed by atoms with Crippen LogP contribution in [0.4, 0.5) is 5.69 Å². The van der Waals surface area contributed by atoms with Crippen LogP contribution in [0, 0.1) is 11.3 Å². The summed E-state index contributed by atoms with van der Waals surface area (Å²) in [6.07, 6.45) is 0.341. The minimum atomic E-state index is -1.01. The Morgan fingerprint density at radius 3 is 2.89 bits per heavy atom. The lowest BCUT2D eigenvalue weighted by Crippen LogP contribution is -2.30. The van der Waals surface area contributed by atoms with Gasteiger partial charge in [0.25, 0.3) is 5.91 Å². The van der Waals surface area contributed by atoms with Crippen molar-refractivity contribution in [2.45, 2.75) is 19.4 Å². The van der Waals surface area contributed by atoms with Crippen molar-refractivity contribution in [2.24, 2.45) is 0 Å². The molecular weight excluding hydrogens is 348 g/mol. The second kappa shape index (κ2) is 7.62. The number of anilines is 1. The van der Waals surface area contributed by atoms with E-state index in [9.17, 15) is 14.7 Å². The number of benzene rings is 2. The van der Waals surface area contributed by atoms with E-state index >= 15 is 0 Å². The van der Waals surface area contributed by atoms with Crippen molar-refractivity contribution >= 4 is 28.5 Å². The van der Waals surface area contributed by atoms with Crippen molar-refractivity contribution in [3.63, 3.8) is 0 Å². The van der Waals surface area contributed by atoms with Crippen LogP contribution in [0.3, 0.4) is 0 Å². The molecule has 1 aromatic heterocycles. The first-order valence-electron chi connectivity index (χ1n) is 8.16. The van der Waals surface area contributed by atoms with Crippen LogP contribution in [-0.4, -0.2) is 23.1 Å². The Morgan fingerprint density at radius 2 is 2.11 bits per heavy atom. The summed E-state index contributed by atoms with van der Waals surface area (Å²) < 4.78 is 10.5. The number of carbonyl (C=O) groups is 2. The third kappa shape index (κ3) is 4.25. The number of nitrogens with zero attached hydrogens (tertiary/aromatic N) is 1. The molecule has 1 atom stereocenters. The van der Waals surface area contributed by atoms with Gasteiger partial charge in [-0.25, -0.2) is 0 Å². The molecule has 0 bridgehead atoms. The average molecular weight is 364 g/mol. The van der Waals surface area contributed by atoms with Gasteiger partial charge in [0.1, 0.15) is 11.3 Å². The van der Waals surface area contributed by atoms with Gasteiger partial charge in [-0.1, -0.05) is 6.07 Å². The fraction of sp³-hybridized carbons (Fsp3) is 0.150. The van der Waals surface area contributed by atoms with Crippen LogP contribution in [-0.2, 0) is 20.7 Å². The van der Waals surface area contributed by atoms with E-state index in [2.05, 4.69) is 5.32 Å². The summed E-state index contributed by atoms with van der Waals surface area (Å²) >= 11 is 0. The molecular formula is C20H16N2O5. The monoisotopic (exact) mass is 364 g/mol. The van der Waals surface area contributed by atoms with Gasteiger partial charge in [0, 0.05) is 22.7 Å². The van der Waals surface area contributed by atoms with Gasteiger partial charge in [0.2, 0.25) is 0 Å². The molecule has 0 fully saturated rings. The van der Waals surface area contributed by atoms with Crippen LogP contribution < -0.4 is 5.32 Å². The van der Waals surface area contributed by atoms with Crippen LogP contribution in [0.15, 0.2) is 53.1 Å². The fourth-order valence-electron chi connectivity index (χ4n) is 2.57. The Morgan fingerprint density at radius 1 is 1.30 bits per heavy atom. The summed E-state index contributed by atoms with van der Waals surface area (Å²) in [4.78, 5) is 24.3. The molecule has 2 aromatic carbocycles. The lowest BCUT2D eigenvalue weighted by Gasteiger charge is -2.13. The van der Waals surface area contributed by atoms with Gasteiger partial charge in [-0.15, -0.1) is 0 Å². The number of phenolic OH excluding ortho intramolecular Hbond substituents is 1. The van der Waals surface area contributed by atoms with Gasteiger partial charge < -0.3 is 19.6 Å². The van der Waals surface area contributed by atoms with E-state index in [4.69, 9.17) is 14.4 Å². The number of nitriles is 1. The highest BCUT2D eigenvalue weighted by atomic mass is 16.5. The molecule has 0 saturated heterocycles. The highest BCUT2D eigenvalue weighted by Gasteiger charge is 2.19. The highest BCUT2D eigenvalue weighted by molar-refractivity contribution is 5.95. The molecule has 0 aliphatic heterocycles. The van der Waals surface area contributed by atoms with Crippen molar-refractivity contribution in [1.29, 1.82) is 5.26 Å². The Labute approximate surface area is 154 Å². The number of nitrogens with one attached hydrogen (secondary N) is 1. The van der Waals surface area contributed by atoms with Crippen molar-refractivity contribution in [2.75, 3.05) is 5.32 Å². The predicted molar refractivity (Wildman–Crippen MR) is 96.9 cm³/mol. The normalized spacial score (nSPS) is 11.6. The zero-order chi connectivity index (χ0) is 19.4. The van der Waals surface area contributed by atoms with Gasteiger partial charge in [0.05, 0.1) is 24.3 Å². The second-order valence-electron chi connectivity index (χ2n) is 5.93. The average Bonchev–Trinajstić information content (AvgIpc) is 3.03. The number of hydrogen-bond donors (Lipinski definition) is 2. The molecule has 0 spiro atoms. The number of furan rings is 1. The second-order valence-corrected chi connectivity index (χ2v) is 5.93. The van der Waals surface area contributed by atoms with E-state index in [-0.39, 0.29) is 12.2 Å². The molecule has 3 aromatic rings. The van der Waals surface area contributed by atoms with E-state index in [1.165, 1.54) is 31.4 Å². The molecule has 3 rings (SSSR count).